The van der Waals surface area contributed by atoms with Crippen molar-refractivity contribution < 1.29 is 33.6 Å². The molecule has 0 saturated heterocycles. The molecule has 0 unspecified atom stereocenters. The highest BCUT2D eigenvalue weighted by Gasteiger charge is 2.13. The first kappa shape index (κ1) is 23.4. The lowest BCUT2D eigenvalue weighted by Gasteiger charge is -2.12. The molecule has 9 heteroatoms. The Bertz CT molecular complexity index is 1180. The standard InChI is InChI=1S/C24H24N2O7/c1-26(2)24(29)33-18-7-5-6-16-9-10-17(25-22(16)18)14-32-21(27)11-8-15-12-19(30-3)23(28)20(13-15)31-4/h5-13,28H,14H2,1-4H3/b11-8+. The molecule has 1 N–H and O–H groups in total. The Morgan fingerprint density at radius 3 is 2.36 bits per heavy atom. The monoisotopic (exact) mass is 452 g/mol. The van der Waals surface area contributed by atoms with Gasteiger partial charge in [0.15, 0.2) is 17.2 Å². The van der Waals surface area contributed by atoms with E-state index in [0.29, 0.717) is 22.5 Å². The third-order valence-electron chi connectivity index (χ3n) is 4.58. The molecule has 3 aromatic rings. The van der Waals surface area contributed by atoms with Gasteiger partial charge in [-0.05, 0) is 35.9 Å². The van der Waals surface area contributed by atoms with Crippen molar-refractivity contribution in [1.29, 1.82) is 0 Å². The lowest BCUT2D eigenvalue weighted by atomic mass is 10.1. The second-order valence-electron chi connectivity index (χ2n) is 7.11. The number of rotatable bonds is 7. The van der Waals surface area contributed by atoms with Gasteiger partial charge in [-0.2, -0.15) is 0 Å². The highest BCUT2D eigenvalue weighted by molar-refractivity contribution is 5.88. The zero-order chi connectivity index (χ0) is 24.0. The number of aromatic nitrogens is 1. The molecule has 0 bridgehead atoms. The fourth-order valence-electron chi connectivity index (χ4n) is 2.88. The molecule has 33 heavy (non-hydrogen) atoms. The molecule has 0 fully saturated rings. The van der Waals surface area contributed by atoms with Gasteiger partial charge in [0, 0.05) is 25.6 Å². The molecule has 3 rings (SSSR count). The summed E-state index contributed by atoms with van der Waals surface area (Å²) in [4.78, 5) is 29.9. The van der Waals surface area contributed by atoms with Crippen LogP contribution in [0.3, 0.4) is 0 Å². The molecule has 1 heterocycles. The molecule has 1 amide bonds. The van der Waals surface area contributed by atoms with E-state index in [1.807, 2.05) is 12.1 Å². The topological polar surface area (TPSA) is 107 Å². The van der Waals surface area contributed by atoms with Gasteiger partial charge in [0.25, 0.3) is 0 Å². The van der Waals surface area contributed by atoms with Crippen LogP contribution in [0.5, 0.6) is 23.0 Å². The van der Waals surface area contributed by atoms with E-state index in [0.717, 1.165) is 5.39 Å². The van der Waals surface area contributed by atoms with Gasteiger partial charge in [0.1, 0.15) is 12.1 Å². The Hall–Kier alpha value is -4.27. The van der Waals surface area contributed by atoms with Gasteiger partial charge >= 0.3 is 12.1 Å². The maximum Gasteiger partial charge on any atom is 0.414 e. The van der Waals surface area contributed by atoms with Crippen LogP contribution in [0.1, 0.15) is 11.3 Å². The first-order chi connectivity index (χ1) is 15.8. The number of phenolic OH excluding ortho intramolecular Hbond substituents is 1. The van der Waals surface area contributed by atoms with Crippen molar-refractivity contribution in [3.05, 3.63) is 59.8 Å². The normalized spacial score (nSPS) is 10.8. The van der Waals surface area contributed by atoms with E-state index in [1.54, 1.807) is 44.4 Å². The molecule has 0 aliphatic heterocycles. The molecular formula is C24H24N2O7. The average Bonchev–Trinajstić information content (AvgIpc) is 2.82. The van der Waals surface area contributed by atoms with Crippen molar-refractivity contribution in [1.82, 2.24) is 9.88 Å². The summed E-state index contributed by atoms with van der Waals surface area (Å²) in [6.07, 6.45) is 2.24. The number of nitrogens with zero attached hydrogens (tertiary/aromatic N) is 2. The van der Waals surface area contributed by atoms with Gasteiger partial charge in [0.05, 0.1) is 19.9 Å². The molecule has 0 saturated carbocycles. The van der Waals surface area contributed by atoms with E-state index in [2.05, 4.69) is 4.98 Å². The number of carbonyl (C=O) groups excluding carboxylic acids is 2. The molecular weight excluding hydrogens is 428 g/mol. The predicted molar refractivity (Wildman–Crippen MR) is 121 cm³/mol. The fraction of sp³-hybridized carbons (Fsp3) is 0.208. The molecule has 1 aromatic heterocycles. The van der Waals surface area contributed by atoms with E-state index < -0.39 is 12.1 Å². The Kier molecular flexibility index (Phi) is 7.34. The Morgan fingerprint density at radius 2 is 1.73 bits per heavy atom. The molecule has 0 aliphatic rings. The van der Waals surface area contributed by atoms with Crippen molar-refractivity contribution in [3.63, 3.8) is 0 Å². The number of aromatic hydroxyl groups is 1. The van der Waals surface area contributed by atoms with E-state index in [9.17, 15) is 14.7 Å². The first-order valence-corrected chi connectivity index (χ1v) is 9.90. The maximum atomic E-state index is 12.2. The third kappa shape index (κ3) is 5.70. The zero-order valence-corrected chi connectivity index (χ0v) is 18.7. The second kappa shape index (κ2) is 10.4. The molecule has 0 atom stereocenters. The van der Waals surface area contributed by atoms with E-state index in [1.165, 1.54) is 31.3 Å². The number of pyridine rings is 1. The van der Waals surface area contributed by atoms with E-state index >= 15 is 0 Å². The summed E-state index contributed by atoms with van der Waals surface area (Å²) >= 11 is 0. The number of para-hydroxylation sites is 1. The minimum atomic E-state index is -0.588. The van der Waals surface area contributed by atoms with Gasteiger partial charge in [-0.1, -0.05) is 18.2 Å². The lowest BCUT2D eigenvalue weighted by molar-refractivity contribution is -0.139. The van der Waals surface area contributed by atoms with Crippen molar-refractivity contribution in [3.8, 4) is 23.0 Å². The summed E-state index contributed by atoms with van der Waals surface area (Å²) in [5, 5.41) is 10.8. The quantitative estimate of drug-likeness (QED) is 0.426. The highest BCUT2D eigenvalue weighted by atomic mass is 16.6. The Labute approximate surface area is 190 Å². The van der Waals surface area contributed by atoms with Crippen LogP contribution in [0.25, 0.3) is 17.0 Å². The number of hydrogen-bond acceptors (Lipinski definition) is 8. The van der Waals surface area contributed by atoms with Gasteiger partial charge in [0.2, 0.25) is 5.75 Å². The van der Waals surface area contributed by atoms with Crippen LogP contribution in [-0.4, -0.2) is 55.4 Å². The molecule has 9 nitrogen and oxygen atoms in total. The van der Waals surface area contributed by atoms with Crippen LogP contribution < -0.4 is 14.2 Å². The summed E-state index contributed by atoms with van der Waals surface area (Å²) < 4.78 is 20.8. The van der Waals surface area contributed by atoms with Crippen LogP contribution in [0.4, 0.5) is 4.79 Å². The third-order valence-corrected chi connectivity index (χ3v) is 4.58. The number of benzene rings is 2. The molecule has 0 aliphatic carbocycles. The lowest BCUT2D eigenvalue weighted by Crippen LogP contribution is -2.25. The Balaban J connectivity index is 1.71. The summed E-state index contributed by atoms with van der Waals surface area (Å²) in [6, 6.07) is 11.9. The highest BCUT2D eigenvalue weighted by Crippen LogP contribution is 2.37. The molecule has 0 spiro atoms. The van der Waals surface area contributed by atoms with Crippen LogP contribution in [0.2, 0.25) is 0 Å². The van der Waals surface area contributed by atoms with Gasteiger partial charge in [-0.25, -0.2) is 14.6 Å². The number of fused-ring (bicyclic) bond motifs is 1. The minimum absolute atomic E-state index is 0.0721. The van der Waals surface area contributed by atoms with Crippen molar-refractivity contribution in [2.24, 2.45) is 0 Å². The summed E-state index contributed by atoms with van der Waals surface area (Å²) in [7, 11) is 6.01. The summed E-state index contributed by atoms with van der Waals surface area (Å²) in [6.45, 7) is -0.0721. The zero-order valence-electron chi connectivity index (χ0n) is 18.7. The maximum absolute atomic E-state index is 12.2. The molecule has 172 valence electrons. The molecule has 0 radical (unpaired) electrons. The average molecular weight is 452 g/mol. The summed E-state index contributed by atoms with van der Waals surface area (Å²) in [5.41, 5.74) is 1.56. The van der Waals surface area contributed by atoms with Crippen LogP contribution in [0.15, 0.2) is 48.5 Å². The minimum Gasteiger partial charge on any atom is -0.502 e. The fourth-order valence-corrected chi connectivity index (χ4v) is 2.88. The number of hydrogen-bond donors (Lipinski definition) is 1. The van der Waals surface area contributed by atoms with Gasteiger partial charge in [-0.15, -0.1) is 0 Å². The van der Waals surface area contributed by atoms with Crippen molar-refractivity contribution in [2.45, 2.75) is 6.61 Å². The largest absolute Gasteiger partial charge is 0.502 e. The number of esters is 1. The van der Waals surface area contributed by atoms with Crippen molar-refractivity contribution in [2.75, 3.05) is 28.3 Å². The first-order valence-electron chi connectivity index (χ1n) is 9.90. The number of ether oxygens (including phenoxy) is 4. The summed E-state index contributed by atoms with van der Waals surface area (Å²) in [5.74, 6) is 0.0319. The van der Waals surface area contributed by atoms with Gasteiger partial charge in [-0.3, -0.25) is 0 Å². The van der Waals surface area contributed by atoms with E-state index in [4.69, 9.17) is 18.9 Å². The smallest absolute Gasteiger partial charge is 0.414 e. The van der Waals surface area contributed by atoms with E-state index in [-0.39, 0.29) is 23.9 Å². The Morgan fingerprint density at radius 1 is 1.03 bits per heavy atom. The van der Waals surface area contributed by atoms with Gasteiger partial charge < -0.3 is 29.0 Å². The molecule has 2 aromatic carbocycles. The number of carbonyl (C=O) groups is 2. The van der Waals surface area contributed by atoms with Crippen LogP contribution in [0, 0.1) is 0 Å². The second-order valence-corrected chi connectivity index (χ2v) is 7.11. The van der Waals surface area contributed by atoms with Crippen LogP contribution >= 0.6 is 0 Å². The number of amides is 1. The van der Waals surface area contributed by atoms with Crippen molar-refractivity contribution >= 4 is 29.0 Å². The van der Waals surface area contributed by atoms with Crippen LogP contribution in [-0.2, 0) is 16.1 Å². The number of phenols is 1. The number of methoxy groups -OCH3 is 2. The predicted octanol–water partition coefficient (Wildman–Crippen LogP) is 3.77. The SMILES string of the molecule is COc1cc(/C=C/C(=O)OCc2ccc3cccc(OC(=O)N(C)C)c3n2)cc(OC)c1O.